The largest absolute Gasteiger partial charge is 0.240 e. The van der Waals surface area contributed by atoms with Gasteiger partial charge in [0, 0.05) is 5.56 Å². The van der Waals surface area contributed by atoms with E-state index in [-0.39, 0.29) is 0 Å². The standard InChI is InChI=1S/C10H8.C9H6N2O2.2CHNO/c1-2-6-10-8-4-3-7-9(10)5-1;1-7-8(10-5-12)3-2-4-9(7)11-6-13;2*2-1-3/h1-8H;2-4H,1H3;2*2H. The first-order valence-corrected chi connectivity index (χ1v) is 7.86. The summed E-state index contributed by atoms with van der Waals surface area (Å²) in [6.45, 7) is 1.71. The van der Waals surface area contributed by atoms with Crippen LogP contribution in [0, 0.1) is 17.7 Å². The molecule has 2 N–H and O–H groups in total. The minimum Gasteiger partial charge on any atom is -0.222 e. The van der Waals surface area contributed by atoms with Gasteiger partial charge in [0.25, 0.3) is 0 Å². The fourth-order valence-corrected chi connectivity index (χ4v) is 2.09. The van der Waals surface area contributed by atoms with Gasteiger partial charge in [0.15, 0.2) is 0 Å². The lowest BCUT2D eigenvalue weighted by molar-refractivity contribution is 0.562. The lowest BCUT2D eigenvalue weighted by Gasteiger charge is -1.99. The lowest BCUT2D eigenvalue weighted by atomic mass is 10.1. The third kappa shape index (κ3) is 9.64. The van der Waals surface area contributed by atoms with Gasteiger partial charge in [-0.1, -0.05) is 54.6 Å². The van der Waals surface area contributed by atoms with E-state index in [1.54, 1.807) is 25.1 Å². The van der Waals surface area contributed by atoms with Crippen molar-refractivity contribution in [3.8, 4) is 0 Å². The highest BCUT2D eigenvalue weighted by Gasteiger charge is 2.00. The van der Waals surface area contributed by atoms with Crippen molar-refractivity contribution in [1.82, 2.24) is 0 Å². The van der Waals surface area contributed by atoms with Crippen molar-refractivity contribution in [2.45, 2.75) is 6.92 Å². The molecule has 0 aromatic heterocycles. The highest BCUT2D eigenvalue weighted by molar-refractivity contribution is 5.82. The quantitative estimate of drug-likeness (QED) is 0.490. The van der Waals surface area contributed by atoms with Gasteiger partial charge < -0.3 is 0 Å². The summed E-state index contributed by atoms with van der Waals surface area (Å²) in [6.07, 6.45) is 4.36. The molecule has 29 heavy (non-hydrogen) atoms. The summed E-state index contributed by atoms with van der Waals surface area (Å²) in [4.78, 5) is 43.6. The zero-order valence-electron chi connectivity index (χ0n) is 15.4. The Morgan fingerprint density at radius 3 is 1.21 bits per heavy atom. The second-order valence-corrected chi connectivity index (χ2v) is 4.88. The van der Waals surface area contributed by atoms with Gasteiger partial charge >= 0.3 is 0 Å². The molecule has 144 valence electrons. The third-order valence-corrected chi connectivity index (χ3v) is 3.27. The minimum atomic E-state index is 0.464. The van der Waals surface area contributed by atoms with Gasteiger partial charge in [-0.05, 0) is 29.8 Å². The number of hydrogen-bond acceptors (Lipinski definition) is 8. The molecule has 3 rings (SSSR count). The van der Waals surface area contributed by atoms with Crippen molar-refractivity contribution in [1.29, 1.82) is 10.8 Å². The average Bonchev–Trinajstić information content (AvgIpc) is 2.73. The Morgan fingerprint density at radius 2 is 0.931 bits per heavy atom. The van der Waals surface area contributed by atoms with Crippen LogP contribution in [0.3, 0.4) is 0 Å². The van der Waals surface area contributed by atoms with Crippen molar-refractivity contribution in [2.24, 2.45) is 9.98 Å². The van der Waals surface area contributed by atoms with Gasteiger partial charge in [0.05, 0.1) is 11.4 Å². The summed E-state index contributed by atoms with van der Waals surface area (Å²) in [5, 5.41) is 13.4. The van der Waals surface area contributed by atoms with E-state index in [4.69, 9.17) is 20.4 Å². The van der Waals surface area contributed by atoms with Crippen LogP contribution in [0.25, 0.3) is 10.8 Å². The number of isocyanates is 4. The van der Waals surface area contributed by atoms with E-state index in [1.807, 2.05) is 0 Å². The van der Waals surface area contributed by atoms with Crippen LogP contribution in [0.4, 0.5) is 11.4 Å². The van der Waals surface area contributed by atoms with E-state index >= 15 is 0 Å². The molecule has 0 bridgehead atoms. The molecule has 8 nitrogen and oxygen atoms in total. The zero-order chi connectivity index (χ0) is 21.9. The highest BCUT2D eigenvalue weighted by Crippen LogP contribution is 2.26. The molecule has 0 amide bonds. The van der Waals surface area contributed by atoms with Gasteiger partial charge in [0.2, 0.25) is 24.3 Å². The van der Waals surface area contributed by atoms with Crippen LogP contribution in [0.1, 0.15) is 5.56 Å². The lowest BCUT2D eigenvalue weighted by Crippen LogP contribution is -1.75. The molecule has 0 aliphatic rings. The molecule has 0 spiro atoms. The molecule has 0 atom stereocenters. The average molecular weight is 388 g/mol. The van der Waals surface area contributed by atoms with Crippen molar-refractivity contribution in [3.63, 3.8) is 0 Å². The number of nitrogens with zero attached hydrogens (tertiary/aromatic N) is 2. The molecule has 0 radical (unpaired) electrons. The van der Waals surface area contributed by atoms with E-state index in [0.717, 1.165) is 12.2 Å². The molecular weight excluding hydrogens is 372 g/mol. The summed E-state index contributed by atoms with van der Waals surface area (Å²) < 4.78 is 0. The maximum Gasteiger partial charge on any atom is 0.240 e. The smallest absolute Gasteiger partial charge is 0.222 e. The van der Waals surface area contributed by atoms with Crippen molar-refractivity contribution in [2.75, 3.05) is 0 Å². The summed E-state index contributed by atoms with van der Waals surface area (Å²) in [7, 11) is 0. The number of carbonyl (C=O) groups excluding carboxylic acids is 4. The number of nitrogens with one attached hydrogen (secondary N) is 2. The topological polar surface area (TPSA) is 141 Å². The zero-order valence-corrected chi connectivity index (χ0v) is 15.4. The van der Waals surface area contributed by atoms with Crippen LogP contribution in [0.15, 0.2) is 76.7 Å². The van der Waals surface area contributed by atoms with Crippen LogP contribution in [-0.2, 0) is 19.2 Å². The number of hydrogen-bond donors (Lipinski definition) is 2. The second-order valence-electron chi connectivity index (χ2n) is 4.88. The first-order valence-electron chi connectivity index (χ1n) is 7.86. The summed E-state index contributed by atoms with van der Waals surface area (Å²) >= 11 is 0. The maximum atomic E-state index is 10.00. The van der Waals surface area contributed by atoms with Crippen LogP contribution >= 0.6 is 0 Å². The molecule has 0 fully saturated rings. The SMILES string of the molecule is Cc1c(N=C=O)cccc1N=C=O.N=C=O.N=C=O.c1ccc2ccccc2c1. The molecule has 0 aliphatic carbocycles. The van der Waals surface area contributed by atoms with Crippen LogP contribution in [0.5, 0.6) is 0 Å². The normalized spacial score (nSPS) is 7.76. The maximum absolute atomic E-state index is 10.00. The van der Waals surface area contributed by atoms with Gasteiger partial charge in [-0.15, -0.1) is 0 Å². The number of benzene rings is 3. The van der Waals surface area contributed by atoms with E-state index in [2.05, 4.69) is 58.5 Å². The highest BCUT2D eigenvalue weighted by atomic mass is 16.1. The monoisotopic (exact) mass is 388 g/mol. The Balaban J connectivity index is 0.000000433. The predicted octanol–water partition coefficient (Wildman–Crippen LogP) is 4.57. The molecule has 8 heteroatoms. The number of rotatable bonds is 2. The van der Waals surface area contributed by atoms with E-state index in [0.29, 0.717) is 16.9 Å². The van der Waals surface area contributed by atoms with Gasteiger partial charge in [-0.25, -0.2) is 30.0 Å². The molecule has 0 aliphatic heterocycles. The van der Waals surface area contributed by atoms with Crippen LogP contribution < -0.4 is 0 Å². The summed E-state index contributed by atoms with van der Waals surface area (Å²) in [5.74, 6) is 0. The van der Waals surface area contributed by atoms with E-state index < -0.39 is 0 Å². The molecule has 0 saturated carbocycles. The Morgan fingerprint density at radius 1 is 0.621 bits per heavy atom. The molecule has 0 unspecified atom stereocenters. The van der Waals surface area contributed by atoms with Crippen LogP contribution in [-0.4, -0.2) is 24.3 Å². The first-order chi connectivity index (χ1) is 14.1. The second kappa shape index (κ2) is 15.7. The Hall–Kier alpha value is -4.56. The number of fused-ring (bicyclic) bond motifs is 1. The minimum absolute atomic E-state index is 0.464. The summed E-state index contributed by atoms with van der Waals surface area (Å²) in [6, 6.07) is 21.7. The van der Waals surface area contributed by atoms with Gasteiger partial charge in [-0.2, -0.15) is 9.98 Å². The van der Waals surface area contributed by atoms with Crippen molar-refractivity contribution >= 4 is 46.5 Å². The van der Waals surface area contributed by atoms with Crippen molar-refractivity contribution < 1.29 is 19.2 Å². The first kappa shape index (κ1) is 24.4. The molecule has 0 heterocycles. The summed E-state index contributed by atoms with van der Waals surface area (Å²) in [5.41, 5.74) is 1.59. The fourth-order valence-electron chi connectivity index (χ4n) is 2.09. The number of aliphatic imine (C=N–C) groups is 2. The van der Waals surface area contributed by atoms with Crippen molar-refractivity contribution in [3.05, 3.63) is 72.3 Å². The molecule has 3 aromatic carbocycles. The van der Waals surface area contributed by atoms with Gasteiger partial charge in [-0.3, -0.25) is 0 Å². The third-order valence-electron chi connectivity index (χ3n) is 3.27. The molecule has 3 aromatic rings. The van der Waals surface area contributed by atoms with Gasteiger partial charge in [0.1, 0.15) is 0 Å². The van der Waals surface area contributed by atoms with Crippen LogP contribution in [0.2, 0.25) is 0 Å². The molecular formula is C21H16N4O4. The predicted molar refractivity (Wildman–Crippen MR) is 108 cm³/mol. The van der Waals surface area contributed by atoms with E-state index in [1.165, 1.54) is 22.9 Å². The Labute approximate surface area is 166 Å². The fraction of sp³-hybridized carbons (Fsp3) is 0.0476. The van der Waals surface area contributed by atoms with E-state index in [9.17, 15) is 9.59 Å². The Bertz CT molecular complexity index is 973. The Kier molecular flexibility index (Phi) is 13.2. The molecule has 0 saturated heterocycles.